The number of ether oxygens (including phenoxy) is 1. The molecule has 1 aromatic carbocycles. The lowest BCUT2D eigenvalue weighted by Gasteiger charge is -2.06. The third-order valence-corrected chi connectivity index (χ3v) is 3.79. The largest absolute Gasteiger partial charge is 0.497 e. The molecule has 0 aliphatic carbocycles. The zero-order valence-electron chi connectivity index (χ0n) is 11.1. The molecule has 0 unspecified atom stereocenters. The Morgan fingerprint density at radius 3 is 2.68 bits per heavy atom. The maximum atomic E-state index is 5.21. The highest BCUT2D eigenvalue weighted by molar-refractivity contribution is 7.09. The summed E-state index contributed by atoms with van der Waals surface area (Å²) in [5, 5.41) is 5.61. The summed E-state index contributed by atoms with van der Waals surface area (Å²) in [5.41, 5.74) is 1.32. The first-order chi connectivity index (χ1) is 8.88. The van der Waals surface area contributed by atoms with E-state index in [-0.39, 0.29) is 12.4 Å². The second-order valence-corrected chi connectivity index (χ2v) is 5.21. The zero-order chi connectivity index (χ0) is 12.6. The molecule has 104 valence electrons. The highest BCUT2D eigenvalue weighted by atomic mass is 35.5. The lowest BCUT2D eigenvalue weighted by atomic mass is 10.1. The molecule has 0 saturated carbocycles. The Kier molecular flexibility index (Phi) is 7.56. The molecule has 0 bridgehead atoms. The second kappa shape index (κ2) is 8.97. The summed E-state index contributed by atoms with van der Waals surface area (Å²) in [6.45, 7) is 2.06. The van der Waals surface area contributed by atoms with E-state index in [1.165, 1.54) is 10.4 Å². The smallest absolute Gasteiger partial charge is 0.119 e. The van der Waals surface area contributed by atoms with Gasteiger partial charge in [0.1, 0.15) is 5.75 Å². The SMILES string of the molecule is COc1cccc(CCNCCc2cccs2)c1.Cl. The fourth-order valence-corrected chi connectivity index (χ4v) is 2.56. The highest BCUT2D eigenvalue weighted by Crippen LogP contribution is 2.12. The Morgan fingerprint density at radius 1 is 1.11 bits per heavy atom. The Balaban J connectivity index is 0.00000180. The van der Waals surface area contributed by atoms with Crippen LogP contribution in [0.15, 0.2) is 41.8 Å². The predicted octanol–water partition coefficient (Wildman–Crippen LogP) is 3.55. The summed E-state index contributed by atoms with van der Waals surface area (Å²) < 4.78 is 5.21. The van der Waals surface area contributed by atoms with Crippen LogP contribution in [0.3, 0.4) is 0 Å². The second-order valence-electron chi connectivity index (χ2n) is 4.18. The van der Waals surface area contributed by atoms with E-state index in [4.69, 9.17) is 4.74 Å². The van der Waals surface area contributed by atoms with Crippen molar-refractivity contribution >= 4 is 23.7 Å². The molecule has 0 atom stereocenters. The highest BCUT2D eigenvalue weighted by Gasteiger charge is 1.97. The van der Waals surface area contributed by atoms with Gasteiger partial charge in [0.2, 0.25) is 0 Å². The molecule has 0 radical (unpaired) electrons. The minimum Gasteiger partial charge on any atom is -0.497 e. The van der Waals surface area contributed by atoms with Gasteiger partial charge in [-0.15, -0.1) is 23.7 Å². The van der Waals surface area contributed by atoms with Gasteiger partial charge in [-0.1, -0.05) is 18.2 Å². The predicted molar refractivity (Wildman–Crippen MR) is 84.8 cm³/mol. The van der Waals surface area contributed by atoms with Crippen LogP contribution in [-0.4, -0.2) is 20.2 Å². The number of nitrogens with one attached hydrogen (secondary N) is 1. The average molecular weight is 298 g/mol. The van der Waals surface area contributed by atoms with Crippen LogP contribution in [0.2, 0.25) is 0 Å². The maximum Gasteiger partial charge on any atom is 0.119 e. The molecule has 0 spiro atoms. The Morgan fingerprint density at radius 2 is 1.95 bits per heavy atom. The van der Waals surface area contributed by atoms with Crippen LogP contribution in [0.25, 0.3) is 0 Å². The van der Waals surface area contributed by atoms with Gasteiger partial charge >= 0.3 is 0 Å². The van der Waals surface area contributed by atoms with Gasteiger partial charge in [0, 0.05) is 4.88 Å². The molecule has 0 saturated heterocycles. The van der Waals surface area contributed by atoms with E-state index in [2.05, 4.69) is 35.0 Å². The number of thiophene rings is 1. The third-order valence-electron chi connectivity index (χ3n) is 2.85. The monoisotopic (exact) mass is 297 g/mol. The summed E-state index contributed by atoms with van der Waals surface area (Å²) in [6, 6.07) is 12.6. The Bertz CT molecular complexity index is 459. The molecule has 4 heteroatoms. The van der Waals surface area contributed by atoms with Crippen LogP contribution in [0.1, 0.15) is 10.4 Å². The van der Waals surface area contributed by atoms with Crippen molar-refractivity contribution in [2.24, 2.45) is 0 Å². The summed E-state index contributed by atoms with van der Waals surface area (Å²) in [6.07, 6.45) is 2.16. The van der Waals surface area contributed by atoms with E-state index in [0.29, 0.717) is 0 Å². The number of benzene rings is 1. The molecule has 1 heterocycles. The minimum absolute atomic E-state index is 0. The normalized spacial score (nSPS) is 9.95. The molecule has 0 aliphatic heterocycles. The minimum atomic E-state index is 0. The topological polar surface area (TPSA) is 21.3 Å². The lowest BCUT2D eigenvalue weighted by Crippen LogP contribution is -2.19. The van der Waals surface area contributed by atoms with Gasteiger partial charge in [-0.2, -0.15) is 0 Å². The van der Waals surface area contributed by atoms with Gasteiger partial charge in [-0.3, -0.25) is 0 Å². The summed E-state index contributed by atoms with van der Waals surface area (Å²) in [4.78, 5) is 1.45. The first-order valence-corrected chi connectivity index (χ1v) is 7.12. The van der Waals surface area contributed by atoms with Gasteiger partial charge in [0.15, 0.2) is 0 Å². The van der Waals surface area contributed by atoms with E-state index in [1.54, 1.807) is 7.11 Å². The third kappa shape index (κ3) is 5.64. The van der Waals surface area contributed by atoms with E-state index < -0.39 is 0 Å². The van der Waals surface area contributed by atoms with Crippen molar-refractivity contribution in [3.8, 4) is 5.75 Å². The number of hydrogen-bond donors (Lipinski definition) is 1. The van der Waals surface area contributed by atoms with E-state index in [9.17, 15) is 0 Å². The van der Waals surface area contributed by atoms with E-state index in [1.807, 2.05) is 23.5 Å². The van der Waals surface area contributed by atoms with Crippen LogP contribution in [0.4, 0.5) is 0 Å². The zero-order valence-corrected chi connectivity index (χ0v) is 12.7. The van der Waals surface area contributed by atoms with Crippen LogP contribution in [0, 0.1) is 0 Å². The first-order valence-electron chi connectivity index (χ1n) is 6.24. The van der Waals surface area contributed by atoms with Crippen LogP contribution in [0.5, 0.6) is 5.75 Å². The molecule has 0 amide bonds. The first kappa shape index (κ1) is 16.0. The van der Waals surface area contributed by atoms with Crippen molar-refractivity contribution in [3.05, 3.63) is 52.2 Å². The van der Waals surface area contributed by atoms with Crippen molar-refractivity contribution in [2.45, 2.75) is 12.8 Å². The van der Waals surface area contributed by atoms with Crippen molar-refractivity contribution in [1.82, 2.24) is 5.32 Å². The molecule has 0 fully saturated rings. The summed E-state index contributed by atoms with van der Waals surface area (Å²) in [7, 11) is 1.71. The molecule has 2 nitrogen and oxygen atoms in total. The van der Waals surface area contributed by atoms with Gasteiger partial charge in [0.25, 0.3) is 0 Å². The van der Waals surface area contributed by atoms with Gasteiger partial charge < -0.3 is 10.1 Å². The standard InChI is InChI=1S/C15H19NOS.ClH/c1-17-14-5-2-4-13(12-14)7-9-16-10-8-15-6-3-11-18-15;/h2-6,11-12,16H,7-10H2,1H3;1H. The number of hydrogen-bond acceptors (Lipinski definition) is 3. The van der Waals surface area contributed by atoms with Gasteiger partial charge in [0.05, 0.1) is 7.11 Å². The number of rotatable bonds is 7. The fourth-order valence-electron chi connectivity index (χ4n) is 1.85. The Hall–Kier alpha value is -1.03. The fraction of sp³-hybridized carbons (Fsp3) is 0.333. The van der Waals surface area contributed by atoms with Crippen LogP contribution in [-0.2, 0) is 12.8 Å². The van der Waals surface area contributed by atoms with Crippen molar-refractivity contribution in [1.29, 1.82) is 0 Å². The molecular weight excluding hydrogens is 278 g/mol. The number of halogens is 1. The van der Waals surface area contributed by atoms with E-state index in [0.717, 1.165) is 31.7 Å². The van der Waals surface area contributed by atoms with Gasteiger partial charge in [-0.25, -0.2) is 0 Å². The van der Waals surface area contributed by atoms with Crippen LogP contribution >= 0.6 is 23.7 Å². The molecule has 19 heavy (non-hydrogen) atoms. The van der Waals surface area contributed by atoms with E-state index >= 15 is 0 Å². The Labute approximate surface area is 125 Å². The average Bonchev–Trinajstić information content (AvgIpc) is 2.92. The van der Waals surface area contributed by atoms with Crippen molar-refractivity contribution < 1.29 is 4.74 Å². The molecule has 2 aromatic rings. The maximum absolute atomic E-state index is 5.21. The molecule has 2 rings (SSSR count). The molecule has 0 aliphatic rings. The van der Waals surface area contributed by atoms with Gasteiger partial charge in [-0.05, 0) is 55.1 Å². The molecule has 1 N–H and O–H groups in total. The quantitative estimate of drug-likeness (QED) is 0.789. The van der Waals surface area contributed by atoms with Crippen molar-refractivity contribution in [2.75, 3.05) is 20.2 Å². The summed E-state index contributed by atoms with van der Waals surface area (Å²) in [5.74, 6) is 0.936. The molecular formula is C15H20ClNOS. The summed E-state index contributed by atoms with van der Waals surface area (Å²) >= 11 is 1.83. The lowest BCUT2D eigenvalue weighted by molar-refractivity contribution is 0.414. The van der Waals surface area contributed by atoms with Crippen LogP contribution < -0.4 is 10.1 Å². The molecule has 1 aromatic heterocycles. The van der Waals surface area contributed by atoms with Crippen molar-refractivity contribution in [3.63, 3.8) is 0 Å². The number of methoxy groups -OCH3 is 1.